The number of carbonyl (C=O) groups is 4. The Labute approximate surface area is 237 Å². The highest BCUT2D eigenvalue weighted by Crippen LogP contribution is 2.29. The summed E-state index contributed by atoms with van der Waals surface area (Å²) in [6, 6.07) is 20.5. The van der Waals surface area contributed by atoms with Crippen molar-refractivity contribution in [3.8, 4) is 0 Å². The summed E-state index contributed by atoms with van der Waals surface area (Å²) in [4.78, 5) is 49.6. The van der Waals surface area contributed by atoms with Gasteiger partial charge in [0.15, 0.2) is 5.78 Å². The molecule has 8 nitrogen and oxygen atoms in total. The second-order valence-electron chi connectivity index (χ2n) is 9.88. The van der Waals surface area contributed by atoms with Gasteiger partial charge in [-0.3, -0.25) is 14.5 Å². The first kappa shape index (κ1) is 29.2. The molecule has 0 saturated heterocycles. The first-order valence-electron chi connectivity index (χ1n) is 13.4. The zero-order valence-electron chi connectivity index (χ0n) is 22.7. The summed E-state index contributed by atoms with van der Waals surface area (Å²) in [5, 5.41) is 13.8. The van der Waals surface area contributed by atoms with E-state index in [1.54, 1.807) is 41.3 Å². The minimum atomic E-state index is -2.19. The molecule has 4 rings (SSSR count). The number of anilines is 2. The molecule has 212 valence electrons. The van der Waals surface area contributed by atoms with E-state index >= 15 is 0 Å². The van der Waals surface area contributed by atoms with Crippen molar-refractivity contribution < 1.29 is 28.7 Å². The second kappa shape index (κ2) is 13.5. The van der Waals surface area contributed by atoms with E-state index in [-0.39, 0.29) is 23.9 Å². The second-order valence-corrected chi connectivity index (χ2v) is 9.88. The summed E-state index contributed by atoms with van der Waals surface area (Å²) in [6.07, 6.45) is 4.53. The van der Waals surface area contributed by atoms with E-state index in [0.717, 1.165) is 30.4 Å². The molecule has 3 aromatic carbocycles. The van der Waals surface area contributed by atoms with E-state index in [2.05, 4.69) is 16.7 Å². The van der Waals surface area contributed by atoms with E-state index in [0.29, 0.717) is 16.9 Å². The third kappa shape index (κ3) is 7.88. The number of halogens is 1. The average Bonchev–Trinajstić information content (AvgIpc) is 2.99. The lowest BCUT2D eigenvalue weighted by atomic mass is 9.93. The summed E-state index contributed by atoms with van der Waals surface area (Å²) in [5.74, 6) is -2.31. The number of allylic oxidation sites excluding steroid dienone is 2. The van der Waals surface area contributed by atoms with Gasteiger partial charge in [0, 0.05) is 22.5 Å². The summed E-state index contributed by atoms with van der Waals surface area (Å²) in [5.41, 5.74) is 5.15. The van der Waals surface area contributed by atoms with Crippen LogP contribution in [0.4, 0.5) is 20.6 Å². The number of carbonyl (C=O) groups excluding carboxylic acids is 3. The predicted octanol–water partition coefficient (Wildman–Crippen LogP) is 6.24. The Kier molecular flexibility index (Phi) is 9.63. The average molecular weight is 558 g/mol. The van der Waals surface area contributed by atoms with Gasteiger partial charge in [-0.05, 0) is 97.8 Å². The summed E-state index contributed by atoms with van der Waals surface area (Å²) < 4.78 is 13.3. The normalized spacial score (nSPS) is 13.5. The number of carboxylic acid groups (broad SMARTS) is 1. The molecule has 0 aliphatic heterocycles. The van der Waals surface area contributed by atoms with E-state index < -0.39 is 24.6 Å². The van der Waals surface area contributed by atoms with Gasteiger partial charge in [-0.15, -0.1) is 0 Å². The molecule has 3 N–H and O–H groups in total. The van der Waals surface area contributed by atoms with Gasteiger partial charge in [-0.2, -0.15) is 0 Å². The number of nitrogens with zero attached hydrogens (tertiary/aromatic N) is 1. The maximum atomic E-state index is 13.5. The fraction of sp³-hybridized carbons (Fsp3) is 0.250. The van der Waals surface area contributed by atoms with Crippen LogP contribution in [0, 0.1) is 0 Å². The molecule has 0 spiro atoms. The molecule has 3 amide bonds. The van der Waals surface area contributed by atoms with Crippen molar-refractivity contribution in [1.29, 1.82) is 0 Å². The van der Waals surface area contributed by atoms with Crippen LogP contribution in [-0.2, 0) is 11.3 Å². The number of ketones is 1. The number of nitrogens with one attached hydrogen (secondary N) is 2. The number of urea groups is 1. The van der Waals surface area contributed by atoms with Crippen molar-refractivity contribution >= 4 is 40.6 Å². The zero-order chi connectivity index (χ0) is 29.4. The van der Waals surface area contributed by atoms with E-state index in [1.165, 1.54) is 31.1 Å². The Morgan fingerprint density at radius 1 is 0.902 bits per heavy atom. The molecular formula is C32H32FN3O5. The number of aliphatic carboxylic acids is 1. The molecule has 0 fully saturated rings. The summed E-state index contributed by atoms with van der Waals surface area (Å²) in [7, 11) is 0. The molecule has 0 saturated carbocycles. The number of hydrogen-bond donors (Lipinski definition) is 3. The van der Waals surface area contributed by atoms with Gasteiger partial charge in [0.2, 0.25) is 6.17 Å². The first-order valence-corrected chi connectivity index (χ1v) is 13.4. The molecule has 1 atom stereocenters. The highest BCUT2D eigenvalue weighted by molar-refractivity contribution is 6.02. The van der Waals surface area contributed by atoms with Gasteiger partial charge < -0.3 is 15.7 Å². The van der Waals surface area contributed by atoms with Crippen LogP contribution in [0.5, 0.6) is 0 Å². The Morgan fingerprint density at radius 3 is 2.15 bits per heavy atom. The molecule has 1 aliphatic carbocycles. The Morgan fingerprint density at radius 2 is 1.56 bits per heavy atom. The van der Waals surface area contributed by atoms with Crippen LogP contribution < -0.4 is 15.5 Å². The number of amides is 3. The lowest BCUT2D eigenvalue weighted by Gasteiger charge is -2.24. The molecule has 0 aromatic heterocycles. The number of Topliss-reactive ketones (excluding diaryl/α,β-unsaturated/α-hetero) is 1. The number of alkyl halides is 1. The van der Waals surface area contributed by atoms with Crippen LogP contribution in [0.3, 0.4) is 0 Å². The quantitative estimate of drug-likeness (QED) is 0.255. The number of carboxylic acids is 1. The monoisotopic (exact) mass is 557 g/mol. The van der Waals surface area contributed by atoms with Gasteiger partial charge in [-0.1, -0.05) is 30.3 Å². The lowest BCUT2D eigenvalue weighted by molar-refractivity contribution is -0.142. The first-order chi connectivity index (χ1) is 19.7. The third-order valence-corrected chi connectivity index (χ3v) is 6.90. The van der Waals surface area contributed by atoms with Gasteiger partial charge in [0.25, 0.3) is 5.91 Å². The van der Waals surface area contributed by atoms with Crippen LogP contribution in [0.2, 0.25) is 0 Å². The number of benzene rings is 3. The van der Waals surface area contributed by atoms with Crippen molar-refractivity contribution in [3.63, 3.8) is 0 Å². The van der Waals surface area contributed by atoms with Gasteiger partial charge in [0.1, 0.15) is 0 Å². The topological polar surface area (TPSA) is 116 Å². The van der Waals surface area contributed by atoms with Crippen LogP contribution >= 0.6 is 0 Å². The minimum absolute atomic E-state index is 0.0683. The highest BCUT2D eigenvalue weighted by Gasteiger charge is 2.19. The van der Waals surface area contributed by atoms with Crippen LogP contribution in [0.15, 0.2) is 78.9 Å². The standard InChI is InChI=1S/C32H32FN3O5/c1-21(37)23-11-15-27(16-12-23)35-32(41)36(28-17-13-25(14-18-28)24-5-3-2-4-6-24)20-22-7-9-26(10-8-22)30(38)34-19-29(33)31(39)40/h5,7-18,29H,2-4,6,19-20H2,1H3,(H,34,38)(H,35,41)(H,39,40). The number of rotatable bonds is 10. The zero-order valence-corrected chi connectivity index (χ0v) is 22.7. The SMILES string of the molecule is CC(=O)c1ccc(NC(=O)N(Cc2ccc(C(=O)NCC(F)C(=O)O)cc2)c2ccc(C3=CCCCC3)cc2)cc1. The van der Waals surface area contributed by atoms with Crippen molar-refractivity contribution in [2.24, 2.45) is 0 Å². The van der Waals surface area contributed by atoms with E-state index in [9.17, 15) is 23.6 Å². The molecule has 9 heteroatoms. The molecule has 3 aromatic rings. The maximum absolute atomic E-state index is 13.5. The summed E-state index contributed by atoms with van der Waals surface area (Å²) >= 11 is 0. The van der Waals surface area contributed by atoms with Crippen LogP contribution in [-0.4, -0.2) is 41.5 Å². The molecule has 0 heterocycles. The molecule has 41 heavy (non-hydrogen) atoms. The Bertz CT molecular complexity index is 1430. The molecule has 0 radical (unpaired) electrons. The fourth-order valence-electron chi connectivity index (χ4n) is 4.53. The van der Waals surface area contributed by atoms with Gasteiger partial charge in [0.05, 0.1) is 13.1 Å². The molecule has 1 aliphatic rings. The van der Waals surface area contributed by atoms with Crippen LogP contribution in [0.25, 0.3) is 5.57 Å². The molecule has 0 bridgehead atoms. The van der Waals surface area contributed by atoms with Crippen LogP contribution in [0.1, 0.15) is 64.4 Å². The van der Waals surface area contributed by atoms with Crippen molar-refractivity contribution in [1.82, 2.24) is 5.32 Å². The minimum Gasteiger partial charge on any atom is -0.479 e. The third-order valence-electron chi connectivity index (χ3n) is 6.90. The Hall–Kier alpha value is -4.79. The van der Waals surface area contributed by atoms with E-state index in [1.807, 2.05) is 24.3 Å². The van der Waals surface area contributed by atoms with Crippen molar-refractivity contribution in [2.45, 2.75) is 45.3 Å². The van der Waals surface area contributed by atoms with Gasteiger partial charge in [-0.25, -0.2) is 14.0 Å². The highest BCUT2D eigenvalue weighted by atomic mass is 19.1. The maximum Gasteiger partial charge on any atom is 0.340 e. The molecular weight excluding hydrogens is 525 g/mol. The lowest BCUT2D eigenvalue weighted by Crippen LogP contribution is -2.35. The summed E-state index contributed by atoms with van der Waals surface area (Å²) in [6.45, 7) is 1.03. The largest absolute Gasteiger partial charge is 0.479 e. The van der Waals surface area contributed by atoms with Crippen molar-refractivity contribution in [3.05, 3.63) is 101 Å². The van der Waals surface area contributed by atoms with Crippen molar-refractivity contribution in [2.75, 3.05) is 16.8 Å². The Balaban J connectivity index is 1.53. The molecule has 1 unspecified atom stereocenters. The predicted molar refractivity (Wildman–Crippen MR) is 156 cm³/mol. The fourth-order valence-corrected chi connectivity index (χ4v) is 4.53. The van der Waals surface area contributed by atoms with Gasteiger partial charge >= 0.3 is 12.0 Å². The van der Waals surface area contributed by atoms with E-state index in [4.69, 9.17) is 5.11 Å². The number of hydrogen-bond acceptors (Lipinski definition) is 4. The smallest absolute Gasteiger partial charge is 0.340 e.